The van der Waals surface area contributed by atoms with Gasteiger partial charge in [0.25, 0.3) is 5.91 Å². The Labute approximate surface area is 213 Å². The first-order chi connectivity index (χ1) is 16.7. The normalized spacial score (nSPS) is 11.3. The van der Waals surface area contributed by atoms with E-state index < -0.39 is 22.5 Å². The van der Waals surface area contributed by atoms with Crippen LogP contribution in [0.2, 0.25) is 0 Å². The monoisotopic (exact) mass is 559 g/mol. The summed E-state index contributed by atoms with van der Waals surface area (Å²) in [4.78, 5) is 12.4. The van der Waals surface area contributed by atoms with Gasteiger partial charge in [0.1, 0.15) is 13.2 Å². The van der Waals surface area contributed by atoms with E-state index in [1.54, 1.807) is 30.3 Å². The molecule has 0 saturated carbocycles. The van der Waals surface area contributed by atoms with Gasteiger partial charge >= 0.3 is 0 Å². The Kier molecular flexibility index (Phi) is 8.89. The van der Waals surface area contributed by atoms with Crippen molar-refractivity contribution in [1.82, 2.24) is 5.43 Å². The molecule has 1 amide bonds. The van der Waals surface area contributed by atoms with Crippen molar-refractivity contribution in [3.8, 4) is 11.5 Å². The Morgan fingerprint density at radius 3 is 2.51 bits per heavy atom. The highest BCUT2D eigenvalue weighted by Crippen LogP contribution is 2.36. The number of benzene rings is 3. The largest absolute Gasteiger partial charge is 0.493 e. The molecule has 3 aromatic rings. The molecule has 0 spiro atoms. The third-order valence-electron chi connectivity index (χ3n) is 4.86. The van der Waals surface area contributed by atoms with E-state index in [0.717, 1.165) is 21.7 Å². The highest BCUT2D eigenvalue weighted by molar-refractivity contribution is 9.10. The topological polar surface area (TPSA) is 97.3 Å². The zero-order valence-corrected chi connectivity index (χ0v) is 22.0. The number of anilines is 1. The van der Waals surface area contributed by atoms with E-state index in [2.05, 4.69) is 26.5 Å². The molecule has 3 rings (SSSR count). The average Bonchev–Trinajstić information content (AvgIpc) is 2.81. The molecule has 0 radical (unpaired) electrons. The van der Waals surface area contributed by atoms with Crippen LogP contribution in [0.25, 0.3) is 0 Å². The molecule has 0 aliphatic heterocycles. The summed E-state index contributed by atoms with van der Waals surface area (Å²) in [5.41, 5.74) is 5.32. The number of hydrazone groups is 1. The number of nitrogens with one attached hydrogen (secondary N) is 1. The van der Waals surface area contributed by atoms with E-state index in [9.17, 15) is 13.2 Å². The molecule has 0 atom stereocenters. The minimum absolute atomic E-state index is 0.372. The van der Waals surface area contributed by atoms with Crippen LogP contribution in [0, 0.1) is 6.92 Å². The van der Waals surface area contributed by atoms with Crippen LogP contribution < -0.4 is 19.2 Å². The molecule has 0 heterocycles. The maximum absolute atomic E-state index is 12.4. The average molecular weight is 560 g/mol. The summed E-state index contributed by atoms with van der Waals surface area (Å²) in [6.07, 6.45) is 2.49. The third kappa shape index (κ3) is 7.56. The van der Waals surface area contributed by atoms with Gasteiger partial charge in [-0.15, -0.1) is 0 Å². The van der Waals surface area contributed by atoms with Crippen LogP contribution in [-0.4, -0.2) is 40.4 Å². The standard InChI is InChI=1S/C25H26BrN3O5S/c1-18-8-7-11-21(12-18)29(35(3,31)32)16-24(30)28-27-15-20-13-22(26)25(23(14-20)33-2)34-17-19-9-5-4-6-10-19/h4-15H,16-17H2,1-3H3,(H,28,30)/b27-15-. The van der Waals surface area contributed by atoms with Crippen LogP contribution in [0.4, 0.5) is 5.69 Å². The van der Waals surface area contributed by atoms with Crippen molar-refractivity contribution < 1.29 is 22.7 Å². The molecule has 0 unspecified atom stereocenters. The van der Waals surface area contributed by atoms with Crippen LogP contribution in [0.5, 0.6) is 11.5 Å². The lowest BCUT2D eigenvalue weighted by atomic mass is 10.2. The molecule has 10 heteroatoms. The summed E-state index contributed by atoms with van der Waals surface area (Å²) in [5, 5.41) is 3.96. The molecule has 0 aliphatic carbocycles. The lowest BCUT2D eigenvalue weighted by Gasteiger charge is -2.21. The van der Waals surface area contributed by atoms with E-state index in [1.165, 1.54) is 13.3 Å². The van der Waals surface area contributed by atoms with E-state index in [1.807, 2.05) is 43.3 Å². The van der Waals surface area contributed by atoms with E-state index in [0.29, 0.717) is 33.8 Å². The first kappa shape index (κ1) is 26.2. The number of hydrogen-bond donors (Lipinski definition) is 1. The fourth-order valence-corrected chi connectivity index (χ4v) is 4.63. The fraction of sp³-hybridized carbons (Fsp3) is 0.200. The summed E-state index contributed by atoms with van der Waals surface area (Å²) in [6, 6.07) is 20.2. The fourth-order valence-electron chi connectivity index (χ4n) is 3.21. The second kappa shape index (κ2) is 11.9. The van der Waals surface area contributed by atoms with E-state index >= 15 is 0 Å². The number of carbonyl (C=O) groups is 1. The number of halogens is 1. The van der Waals surface area contributed by atoms with Gasteiger partial charge in [-0.1, -0.05) is 42.5 Å². The number of aryl methyl sites for hydroxylation is 1. The van der Waals surface area contributed by atoms with E-state index in [-0.39, 0.29) is 0 Å². The number of hydrogen-bond acceptors (Lipinski definition) is 6. The Morgan fingerprint density at radius 1 is 1.11 bits per heavy atom. The van der Waals surface area contributed by atoms with Gasteiger partial charge in [-0.2, -0.15) is 5.10 Å². The molecule has 3 aromatic carbocycles. The van der Waals surface area contributed by atoms with E-state index in [4.69, 9.17) is 9.47 Å². The van der Waals surface area contributed by atoms with Crippen molar-refractivity contribution in [2.45, 2.75) is 13.5 Å². The van der Waals surface area contributed by atoms with Crippen LogP contribution in [-0.2, 0) is 21.4 Å². The predicted octanol–water partition coefficient (Wildman–Crippen LogP) is 4.26. The first-order valence-corrected chi connectivity index (χ1v) is 13.2. The van der Waals surface area contributed by atoms with Crippen molar-refractivity contribution >= 4 is 43.8 Å². The number of amides is 1. The van der Waals surface area contributed by atoms with Crippen LogP contribution in [0.1, 0.15) is 16.7 Å². The first-order valence-electron chi connectivity index (χ1n) is 10.6. The van der Waals surface area contributed by atoms with Crippen molar-refractivity contribution in [3.05, 3.63) is 87.9 Å². The smallest absolute Gasteiger partial charge is 0.260 e. The number of methoxy groups -OCH3 is 1. The van der Waals surface area contributed by atoms with Gasteiger partial charge < -0.3 is 9.47 Å². The van der Waals surface area contributed by atoms with Gasteiger partial charge in [0.15, 0.2) is 11.5 Å². The summed E-state index contributed by atoms with van der Waals surface area (Å²) in [6.45, 7) is 1.81. The van der Waals surface area contributed by atoms with Gasteiger partial charge in [-0.05, 0) is 63.8 Å². The summed E-state index contributed by atoms with van der Waals surface area (Å²) in [5.74, 6) is 0.451. The SMILES string of the molecule is COc1cc(/C=N\NC(=O)CN(c2cccc(C)c2)S(C)(=O)=O)cc(Br)c1OCc1ccccc1. The lowest BCUT2D eigenvalue weighted by Crippen LogP contribution is -2.39. The predicted molar refractivity (Wildman–Crippen MR) is 141 cm³/mol. The Morgan fingerprint density at radius 2 is 1.86 bits per heavy atom. The second-order valence-corrected chi connectivity index (χ2v) is 10.5. The van der Waals surface area contributed by atoms with Crippen molar-refractivity contribution in [3.63, 3.8) is 0 Å². The summed E-state index contributed by atoms with van der Waals surface area (Å²) >= 11 is 3.49. The van der Waals surface area contributed by atoms with Gasteiger partial charge in [-0.25, -0.2) is 13.8 Å². The highest BCUT2D eigenvalue weighted by atomic mass is 79.9. The lowest BCUT2D eigenvalue weighted by molar-refractivity contribution is -0.119. The zero-order chi connectivity index (χ0) is 25.4. The van der Waals surface area contributed by atoms with Gasteiger partial charge in [-0.3, -0.25) is 9.10 Å². The van der Waals surface area contributed by atoms with Gasteiger partial charge in [0, 0.05) is 0 Å². The molecule has 1 N–H and O–H groups in total. The maximum atomic E-state index is 12.4. The molecular formula is C25H26BrN3O5S. The third-order valence-corrected chi connectivity index (χ3v) is 6.59. The van der Waals surface area contributed by atoms with Gasteiger partial charge in [0.2, 0.25) is 10.0 Å². The van der Waals surface area contributed by atoms with Crippen molar-refractivity contribution in [1.29, 1.82) is 0 Å². The number of sulfonamides is 1. The molecule has 0 bridgehead atoms. The molecule has 0 fully saturated rings. The van der Waals surface area contributed by atoms with Gasteiger partial charge in [0.05, 0.1) is 29.7 Å². The van der Waals surface area contributed by atoms with Crippen LogP contribution in [0.3, 0.4) is 0 Å². The zero-order valence-electron chi connectivity index (χ0n) is 19.6. The molecule has 0 saturated heterocycles. The van der Waals surface area contributed by atoms with Crippen LogP contribution >= 0.6 is 15.9 Å². The Hall–Kier alpha value is -3.37. The molecule has 0 aromatic heterocycles. The number of nitrogens with zero attached hydrogens (tertiary/aromatic N) is 2. The molecule has 0 aliphatic rings. The molecule has 35 heavy (non-hydrogen) atoms. The molecular weight excluding hydrogens is 534 g/mol. The number of rotatable bonds is 10. The second-order valence-electron chi connectivity index (χ2n) is 7.71. The maximum Gasteiger partial charge on any atom is 0.260 e. The highest BCUT2D eigenvalue weighted by Gasteiger charge is 2.20. The minimum Gasteiger partial charge on any atom is -0.493 e. The Bertz CT molecular complexity index is 1310. The minimum atomic E-state index is -3.67. The number of carbonyl (C=O) groups excluding carboxylic acids is 1. The summed E-state index contributed by atoms with van der Waals surface area (Å²) < 4.78 is 37.5. The summed E-state index contributed by atoms with van der Waals surface area (Å²) in [7, 11) is -2.14. The van der Waals surface area contributed by atoms with Crippen molar-refractivity contribution in [2.75, 3.05) is 24.2 Å². The Balaban J connectivity index is 1.67. The quantitative estimate of drug-likeness (QED) is 0.295. The molecule has 184 valence electrons. The number of ether oxygens (including phenoxy) is 2. The van der Waals surface area contributed by atoms with Crippen LogP contribution in [0.15, 0.2) is 76.3 Å². The van der Waals surface area contributed by atoms with Crippen molar-refractivity contribution in [2.24, 2.45) is 5.10 Å². The molecule has 8 nitrogen and oxygen atoms in total.